The van der Waals surface area contributed by atoms with Gasteiger partial charge in [0.25, 0.3) is 0 Å². The molecule has 3 unspecified atom stereocenters. The van der Waals surface area contributed by atoms with Crippen LogP contribution in [0, 0.1) is 28.6 Å². The second kappa shape index (κ2) is 2.70. The van der Waals surface area contributed by atoms with Gasteiger partial charge in [-0.1, -0.05) is 19.4 Å². The molecular weight excluding hydrogens is 180 g/mol. The molecule has 4 saturated carbocycles. The summed E-state index contributed by atoms with van der Waals surface area (Å²) in [5.41, 5.74) is 2.81. The first-order valence-electron chi connectivity index (χ1n) is 6.64. The van der Waals surface area contributed by atoms with Crippen LogP contribution < -0.4 is 0 Å². The van der Waals surface area contributed by atoms with Gasteiger partial charge in [0.05, 0.1) is 0 Å². The van der Waals surface area contributed by atoms with Crippen LogP contribution >= 0.6 is 0 Å². The molecule has 4 bridgehead atoms. The maximum atomic E-state index is 4.02. The minimum Gasteiger partial charge on any atom is -0.100 e. The fraction of sp³-hybridized carbons (Fsp3) is 0.867. The lowest BCUT2D eigenvalue weighted by Crippen LogP contribution is -2.27. The summed E-state index contributed by atoms with van der Waals surface area (Å²) in [7, 11) is 0. The molecule has 0 aromatic rings. The fourth-order valence-corrected chi connectivity index (χ4v) is 5.26. The van der Waals surface area contributed by atoms with Crippen molar-refractivity contribution in [2.24, 2.45) is 28.6 Å². The predicted octanol–water partition coefficient (Wildman–Crippen LogP) is 4.42. The fourth-order valence-electron chi connectivity index (χ4n) is 5.26. The lowest BCUT2D eigenvalue weighted by Gasteiger charge is -2.34. The van der Waals surface area contributed by atoms with Crippen molar-refractivity contribution >= 4 is 0 Å². The summed E-state index contributed by atoms with van der Waals surface area (Å²) < 4.78 is 0. The number of hydrogen-bond acceptors (Lipinski definition) is 0. The molecule has 0 radical (unpaired) electrons. The highest BCUT2D eigenvalue weighted by molar-refractivity contribution is 5.28. The van der Waals surface area contributed by atoms with E-state index in [4.69, 9.17) is 0 Å². The van der Waals surface area contributed by atoms with Crippen molar-refractivity contribution in [3.8, 4) is 0 Å². The third-order valence-electron chi connectivity index (χ3n) is 6.43. The van der Waals surface area contributed by atoms with Crippen molar-refractivity contribution < 1.29 is 0 Å². The molecule has 0 heteroatoms. The summed E-state index contributed by atoms with van der Waals surface area (Å²) in [6.07, 6.45) is 7.19. The Bertz CT molecular complexity index is 302. The zero-order valence-electron chi connectivity index (χ0n) is 10.5. The first-order chi connectivity index (χ1) is 7.00. The van der Waals surface area contributed by atoms with Gasteiger partial charge in [-0.3, -0.25) is 0 Å². The van der Waals surface area contributed by atoms with Gasteiger partial charge in [-0.2, -0.15) is 0 Å². The van der Waals surface area contributed by atoms with E-state index in [-0.39, 0.29) is 0 Å². The van der Waals surface area contributed by atoms with Gasteiger partial charge in [0.1, 0.15) is 0 Å². The smallest absolute Gasteiger partial charge is 0.0207 e. The number of rotatable bonds is 4. The van der Waals surface area contributed by atoms with E-state index in [9.17, 15) is 0 Å². The van der Waals surface area contributed by atoms with Crippen LogP contribution in [0.15, 0.2) is 12.2 Å². The predicted molar refractivity (Wildman–Crippen MR) is 64.6 cm³/mol. The molecule has 4 rings (SSSR count). The van der Waals surface area contributed by atoms with Crippen LogP contribution in [0.3, 0.4) is 0 Å². The average molecular weight is 204 g/mol. The number of hydrogen-bond donors (Lipinski definition) is 0. The summed E-state index contributed by atoms with van der Waals surface area (Å²) >= 11 is 0. The molecule has 4 aliphatic carbocycles. The van der Waals surface area contributed by atoms with E-state index in [0.29, 0.717) is 5.41 Å². The molecule has 0 spiro atoms. The second-order valence-electron chi connectivity index (χ2n) is 6.89. The minimum absolute atomic E-state index is 0.692. The molecule has 0 heterocycles. The Labute approximate surface area is 94.1 Å². The summed E-state index contributed by atoms with van der Waals surface area (Å²) in [6.45, 7) is 11.3. The molecule has 0 amide bonds. The van der Waals surface area contributed by atoms with E-state index in [1.165, 1.54) is 24.8 Å². The first kappa shape index (κ1) is 9.93. The Morgan fingerprint density at radius 1 is 1.27 bits per heavy atom. The Hall–Kier alpha value is -0.260. The van der Waals surface area contributed by atoms with Crippen LogP contribution in [0.1, 0.15) is 52.9 Å². The summed E-state index contributed by atoms with van der Waals surface area (Å²) in [5.74, 6) is 3.32. The van der Waals surface area contributed by atoms with E-state index < -0.39 is 0 Å². The van der Waals surface area contributed by atoms with Gasteiger partial charge in [0.2, 0.25) is 0 Å². The van der Waals surface area contributed by atoms with Gasteiger partial charge < -0.3 is 0 Å². The largest absolute Gasteiger partial charge is 0.100 e. The van der Waals surface area contributed by atoms with Gasteiger partial charge in [0, 0.05) is 0 Å². The molecule has 4 aliphatic rings. The summed E-state index contributed by atoms with van der Waals surface area (Å²) in [4.78, 5) is 0. The zero-order valence-corrected chi connectivity index (χ0v) is 10.5. The topological polar surface area (TPSA) is 0 Å². The van der Waals surface area contributed by atoms with E-state index >= 15 is 0 Å². The maximum Gasteiger partial charge on any atom is -0.0207 e. The normalized spacial score (nSPS) is 54.7. The Balaban J connectivity index is 1.68. The van der Waals surface area contributed by atoms with Gasteiger partial charge >= 0.3 is 0 Å². The highest BCUT2D eigenvalue weighted by atomic mass is 14.8. The van der Waals surface area contributed by atoms with Crippen LogP contribution in [0.4, 0.5) is 0 Å². The molecule has 0 aliphatic heterocycles. The first-order valence-corrected chi connectivity index (χ1v) is 6.64. The maximum absolute atomic E-state index is 4.02. The molecule has 0 saturated heterocycles. The monoisotopic (exact) mass is 204 g/mol. The van der Waals surface area contributed by atoms with Crippen LogP contribution in [-0.4, -0.2) is 0 Å². The molecule has 0 N–H and O–H groups in total. The number of allylic oxidation sites excluding steroid dienone is 1. The molecular formula is C15H24. The van der Waals surface area contributed by atoms with Gasteiger partial charge in [-0.25, -0.2) is 0 Å². The van der Waals surface area contributed by atoms with Crippen molar-refractivity contribution in [1.29, 1.82) is 0 Å². The highest BCUT2D eigenvalue weighted by Gasteiger charge is 2.80. The third-order valence-corrected chi connectivity index (χ3v) is 6.43. The molecule has 0 aromatic heterocycles. The van der Waals surface area contributed by atoms with Crippen molar-refractivity contribution in [2.45, 2.75) is 52.9 Å². The molecule has 15 heavy (non-hydrogen) atoms. The molecule has 3 atom stereocenters. The second-order valence-corrected chi connectivity index (χ2v) is 6.89. The summed E-state index contributed by atoms with van der Waals surface area (Å²) in [5, 5.41) is 0. The lowest BCUT2D eigenvalue weighted by atomic mass is 9.70. The van der Waals surface area contributed by atoms with Gasteiger partial charge in [-0.05, 0) is 67.6 Å². The molecule has 4 fully saturated rings. The highest BCUT2D eigenvalue weighted by Crippen LogP contribution is 2.87. The van der Waals surface area contributed by atoms with Crippen molar-refractivity contribution in [3.63, 3.8) is 0 Å². The molecule has 84 valence electrons. The SMILES string of the molecule is C=C(C)CCCC1(C)C2CC3C(C2)C31C. The van der Waals surface area contributed by atoms with E-state index in [2.05, 4.69) is 27.4 Å². The van der Waals surface area contributed by atoms with Crippen molar-refractivity contribution in [3.05, 3.63) is 12.2 Å². The van der Waals surface area contributed by atoms with Crippen LogP contribution in [0.2, 0.25) is 0 Å². The van der Waals surface area contributed by atoms with Gasteiger partial charge in [0.15, 0.2) is 0 Å². The zero-order chi connectivity index (χ0) is 10.8. The Morgan fingerprint density at radius 2 is 1.87 bits per heavy atom. The van der Waals surface area contributed by atoms with E-state index in [1.807, 2.05) is 0 Å². The van der Waals surface area contributed by atoms with E-state index in [0.717, 1.165) is 23.2 Å². The summed E-state index contributed by atoms with van der Waals surface area (Å²) in [6, 6.07) is 0. The molecule has 0 aromatic carbocycles. The Morgan fingerprint density at radius 3 is 2.27 bits per heavy atom. The van der Waals surface area contributed by atoms with E-state index in [1.54, 1.807) is 12.8 Å². The average Bonchev–Trinajstić information content (AvgIpc) is 2.53. The standard InChI is InChI=1S/C15H24/c1-10(2)6-5-7-14(3)11-8-12-13(9-11)15(12,14)4/h11-13H,1,5-9H2,2-4H3. The van der Waals surface area contributed by atoms with Crippen LogP contribution in [0.25, 0.3) is 0 Å². The van der Waals surface area contributed by atoms with Gasteiger partial charge in [-0.15, -0.1) is 6.58 Å². The van der Waals surface area contributed by atoms with Crippen LogP contribution in [-0.2, 0) is 0 Å². The molecule has 0 nitrogen and oxygen atoms in total. The van der Waals surface area contributed by atoms with Crippen molar-refractivity contribution in [2.75, 3.05) is 0 Å². The quantitative estimate of drug-likeness (QED) is 0.595. The third kappa shape index (κ3) is 0.990. The Kier molecular flexibility index (Phi) is 1.79. The van der Waals surface area contributed by atoms with Crippen LogP contribution in [0.5, 0.6) is 0 Å². The van der Waals surface area contributed by atoms with Crippen molar-refractivity contribution in [1.82, 2.24) is 0 Å². The lowest BCUT2D eigenvalue weighted by molar-refractivity contribution is 0.149. The minimum atomic E-state index is 0.692.